The fourth-order valence-electron chi connectivity index (χ4n) is 1.49. The first-order chi connectivity index (χ1) is 8.11. The maximum absolute atomic E-state index is 5.22. The molecule has 0 aliphatic heterocycles. The number of methoxy groups -OCH3 is 1. The van der Waals surface area contributed by atoms with Gasteiger partial charge in [0, 0.05) is 16.6 Å². The Labute approximate surface area is 114 Å². The summed E-state index contributed by atoms with van der Waals surface area (Å²) in [6, 6.07) is 6.03. The van der Waals surface area contributed by atoms with Crippen molar-refractivity contribution < 1.29 is 4.74 Å². The number of ether oxygens (including phenoxy) is 1. The molecule has 0 amide bonds. The number of hydrogen-bond donors (Lipinski definition) is 0. The number of aromatic nitrogens is 1. The molecule has 0 fully saturated rings. The van der Waals surface area contributed by atoms with Crippen molar-refractivity contribution in [2.75, 3.05) is 7.11 Å². The van der Waals surface area contributed by atoms with Gasteiger partial charge in [-0.1, -0.05) is 13.8 Å². The first kappa shape index (κ1) is 12.6. The highest BCUT2D eigenvalue weighted by Gasteiger charge is 2.09. The molecule has 0 aliphatic carbocycles. The predicted molar refractivity (Wildman–Crippen MR) is 75.9 cm³/mol. The number of nitrogens with zero attached hydrogens (tertiary/aromatic N) is 1. The third-order valence-electron chi connectivity index (χ3n) is 2.49. The molecule has 2 aromatic rings. The molecule has 0 aliphatic rings. The molecule has 0 bridgehead atoms. The number of hydrogen-bond acceptors (Lipinski definition) is 3. The van der Waals surface area contributed by atoms with Crippen LogP contribution >= 0.6 is 27.3 Å². The number of rotatable bonds is 3. The van der Waals surface area contributed by atoms with Crippen molar-refractivity contribution in [3.05, 3.63) is 33.7 Å². The zero-order valence-corrected chi connectivity index (χ0v) is 12.4. The summed E-state index contributed by atoms with van der Waals surface area (Å²) in [5.41, 5.74) is 1.12. The first-order valence-electron chi connectivity index (χ1n) is 5.41. The highest BCUT2D eigenvalue weighted by Crippen LogP contribution is 2.34. The maximum Gasteiger partial charge on any atom is 0.133 e. The second-order valence-electron chi connectivity index (χ2n) is 4.07. The quantitative estimate of drug-likeness (QED) is 0.819. The SMILES string of the molecule is COc1ccc(-c2ncc(C(C)C)s2)cc1Br. The molecule has 0 spiro atoms. The van der Waals surface area contributed by atoms with E-state index >= 15 is 0 Å². The van der Waals surface area contributed by atoms with Crippen LogP contribution in [-0.2, 0) is 0 Å². The summed E-state index contributed by atoms with van der Waals surface area (Å²) < 4.78 is 6.17. The van der Waals surface area contributed by atoms with Crippen LogP contribution in [0.1, 0.15) is 24.6 Å². The average molecular weight is 312 g/mol. The van der Waals surface area contributed by atoms with E-state index < -0.39 is 0 Å². The summed E-state index contributed by atoms with van der Waals surface area (Å²) in [6.07, 6.45) is 1.96. The van der Waals surface area contributed by atoms with Crippen molar-refractivity contribution in [2.24, 2.45) is 0 Å². The highest BCUT2D eigenvalue weighted by atomic mass is 79.9. The normalized spacial score (nSPS) is 10.9. The van der Waals surface area contributed by atoms with Crippen molar-refractivity contribution >= 4 is 27.3 Å². The lowest BCUT2D eigenvalue weighted by Gasteiger charge is -2.04. The van der Waals surface area contributed by atoms with Crippen LogP contribution in [0.5, 0.6) is 5.75 Å². The van der Waals surface area contributed by atoms with E-state index in [1.807, 2.05) is 24.4 Å². The fourth-order valence-corrected chi connectivity index (χ4v) is 2.94. The van der Waals surface area contributed by atoms with Crippen LogP contribution in [0.15, 0.2) is 28.9 Å². The van der Waals surface area contributed by atoms with E-state index in [9.17, 15) is 0 Å². The second-order valence-corrected chi connectivity index (χ2v) is 5.99. The van der Waals surface area contributed by atoms with Gasteiger partial charge in [-0.2, -0.15) is 0 Å². The van der Waals surface area contributed by atoms with Gasteiger partial charge in [0.2, 0.25) is 0 Å². The molecule has 0 unspecified atom stereocenters. The Bertz CT molecular complexity index is 522. The third kappa shape index (κ3) is 2.69. The average Bonchev–Trinajstić information content (AvgIpc) is 2.78. The zero-order chi connectivity index (χ0) is 12.4. The van der Waals surface area contributed by atoms with Gasteiger partial charge in [0.15, 0.2) is 0 Å². The topological polar surface area (TPSA) is 22.1 Å². The maximum atomic E-state index is 5.22. The minimum Gasteiger partial charge on any atom is -0.496 e. The van der Waals surface area contributed by atoms with E-state index in [1.165, 1.54) is 4.88 Å². The summed E-state index contributed by atoms with van der Waals surface area (Å²) >= 11 is 5.24. The molecule has 90 valence electrons. The smallest absolute Gasteiger partial charge is 0.133 e. The Morgan fingerprint density at radius 3 is 2.65 bits per heavy atom. The molecule has 0 N–H and O–H groups in total. The standard InChI is InChI=1S/C13H14BrNOS/c1-8(2)12-7-15-13(17-12)9-4-5-11(16-3)10(14)6-9/h4-8H,1-3H3. The van der Waals surface area contributed by atoms with Gasteiger partial charge in [0.25, 0.3) is 0 Å². The monoisotopic (exact) mass is 311 g/mol. The third-order valence-corrected chi connectivity index (χ3v) is 4.46. The Morgan fingerprint density at radius 2 is 2.12 bits per heavy atom. The van der Waals surface area contributed by atoms with Crippen LogP contribution in [0.3, 0.4) is 0 Å². The molecular formula is C13H14BrNOS. The van der Waals surface area contributed by atoms with Crippen LogP contribution in [-0.4, -0.2) is 12.1 Å². The van der Waals surface area contributed by atoms with Gasteiger partial charge in [-0.25, -0.2) is 4.98 Å². The minimum atomic E-state index is 0.530. The fraction of sp³-hybridized carbons (Fsp3) is 0.308. The van der Waals surface area contributed by atoms with E-state index in [-0.39, 0.29) is 0 Å². The van der Waals surface area contributed by atoms with Gasteiger partial charge in [0.1, 0.15) is 10.8 Å². The lowest BCUT2D eigenvalue weighted by Crippen LogP contribution is -1.84. The van der Waals surface area contributed by atoms with Crippen molar-refractivity contribution in [2.45, 2.75) is 19.8 Å². The Hall–Kier alpha value is -0.870. The molecular weight excluding hydrogens is 298 g/mol. The summed E-state index contributed by atoms with van der Waals surface area (Å²) in [6.45, 7) is 4.36. The Balaban J connectivity index is 2.36. The summed E-state index contributed by atoms with van der Waals surface area (Å²) in [4.78, 5) is 5.77. The number of halogens is 1. The van der Waals surface area contributed by atoms with Gasteiger partial charge >= 0.3 is 0 Å². The van der Waals surface area contributed by atoms with Crippen LogP contribution in [0, 0.1) is 0 Å². The van der Waals surface area contributed by atoms with E-state index in [1.54, 1.807) is 18.4 Å². The van der Waals surface area contributed by atoms with Gasteiger partial charge in [-0.05, 0) is 40.0 Å². The second kappa shape index (κ2) is 5.19. The van der Waals surface area contributed by atoms with Crippen LogP contribution in [0.4, 0.5) is 0 Å². The zero-order valence-electron chi connectivity index (χ0n) is 10.0. The lowest BCUT2D eigenvalue weighted by atomic mass is 10.2. The Morgan fingerprint density at radius 1 is 1.35 bits per heavy atom. The van der Waals surface area contributed by atoms with Gasteiger partial charge in [-0.3, -0.25) is 0 Å². The first-order valence-corrected chi connectivity index (χ1v) is 7.02. The van der Waals surface area contributed by atoms with E-state index in [0.29, 0.717) is 5.92 Å². The van der Waals surface area contributed by atoms with E-state index in [0.717, 1.165) is 20.8 Å². The van der Waals surface area contributed by atoms with Gasteiger partial charge in [0.05, 0.1) is 11.6 Å². The predicted octanol–water partition coefficient (Wildman–Crippen LogP) is 4.70. The lowest BCUT2D eigenvalue weighted by molar-refractivity contribution is 0.412. The molecule has 0 saturated carbocycles. The minimum absolute atomic E-state index is 0.530. The molecule has 1 aromatic carbocycles. The highest BCUT2D eigenvalue weighted by molar-refractivity contribution is 9.10. The molecule has 2 nitrogen and oxygen atoms in total. The van der Waals surface area contributed by atoms with Gasteiger partial charge < -0.3 is 4.74 Å². The van der Waals surface area contributed by atoms with Gasteiger partial charge in [-0.15, -0.1) is 11.3 Å². The summed E-state index contributed by atoms with van der Waals surface area (Å²) in [7, 11) is 1.67. The van der Waals surface area contributed by atoms with Crippen LogP contribution in [0.25, 0.3) is 10.6 Å². The molecule has 0 radical (unpaired) electrons. The van der Waals surface area contributed by atoms with Crippen molar-refractivity contribution in [1.29, 1.82) is 0 Å². The molecule has 4 heteroatoms. The van der Waals surface area contributed by atoms with Crippen molar-refractivity contribution in [3.8, 4) is 16.3 Å². The molecule has 17 heavy (non-hydrogen) atoms. The summed E-state index contributed by atoms with van der Waals surface area (Å²) in [5.74, 6) is 1.37. The van der Waals surface area contributed by atoms with E-state index in [2.05, 4.69) is 34.8 Å². The Kier molecular flexibility index (Phi) is 3.84. The van der Waals surface area contributed by atoms with Crippen molar-refractivity contribution in [3.63, 3.8) is 0 Å². The van der Waals surface area contributed by atoms with Crippen LogP contribution in [0.2, 0.25) is 0 Å². The molecule has 1 aromatic heterocycles. The largest absolute Gasteiger partial charge is 0.496 e. The molecule has 0 atom stereocenters. The van der Waals surface area contributed by atoms with Crippen molar-refractivity contribution in [1.82, 2.24) is 4.98 Å². The number of thiazole rings is 1. The molecule has 0 saturated heterocycles. The molecule has 2 rings (SSSR count). The summed E-state index contributed by atoms with van der Waals surface area (Å²) in [5, 5.41) is 1.05. The van der Waals surface area contributed by atoms with E-state index in [4.69, 9.17) is 4.74 Å². The number of benzene rings is 1. The van der Waals surface area contributed by atoms with Crippen LogP contribution < -0.4 is 4.74 Å². The molecule has 1 heterocycles.